The maximum atomic E-state index is 13.5. The van der Waals surface area contributed by atoms with Gasteiger partial charge in [0.15, 0.2) is 0 Å². The van der Waals surface area contributed by atoms with Crippen molar-refractivity contribution in [1.29, 1.82) is 0 Å². The van der Waals surface area contributed by atoms with Crippen LogP contribution < -0.4 is 9.64 Å². The number of ether oxygens (including phenoxy) is 1. The lowest BCUT2D eigenvalue weighted by Crippen LogP contribution is -2.49. The molecule has 1 aliphatic heterocycles. The van der Waals surface area contributed by atoms with E-state index in [1.807, 2.05) is 77.7 Å². The van der Waals surface area contributed by atoms with Crippen LogP contribution in [0.1, 0.15) is 12.8 Å². The summed E-state index contributed by atoms with van der Waals surface area (Å²) in [5.74, 6) is 0.789. The number of benzene rings is 2. The molecule has 0 saturated carbocycles. The molecule has 142 valence electrons. The number of nitrogens with zero attached hydrogens (tertiary/aromatic N) is 3. The van der Waals surface area contributed by atoms with Crippen molar-refractivity contribution in [2.45, 2.75) is 18.9 Å². The molecule has 1 unspecified atom stereocenters. The van der Waals surface area contributed by atoms with Gasteiger partial charge in [-0.25, -0.2) is 4.79 Å². The minimum absolute atomic E-state index is 0.0199. The second-order valence-electron chi connectivity index (χ2n) is 6.80. The number of aromatic nitrogens is 1. The van der Waals surface area contributed by atoms with E-state index in [1.54, 1.807) is 17.3 Å². The van der Waals surface area contributed by atoms with Crippen LogP contribution in [0, 0.1) is 0 Å². The van der Waals surface area contributed by atoms with E-state index in [0.29, 0.717) is 6.54 Å². The van der Waals surface area contributed by atoms with Crippen molar-refractivity contribution in [3.63, 3.8) is 0 Å². The lowest BCUT2D eigenvalue weighted by molar-refractivity contribution is 0.105. The highest BCUT2D eigenvalue weighted by Gasteiger charge is 2.29. The fourth-order valence-corrected chi connectivity index (χ4v) is 3.48. The molecule has 1 fully saturated rings. The molecule has 1 aliphatic rings. The number of likely N-dealkylation sites (tertiary alicyclic amines) is 1. The van der Waals surface area contributed by atoms with Crippen molar-refractivity contribution in [1.82, 2.24) is 9.88 Å². The van der Waals surface area contributed by atoms with Crippen molar-refractivity contribution < 1.29 is 9.53 Å². The van der Waals surface area contributed by atoms with Gasteiger partial charge in [-0.05, 0) is 49.2 Å². The summed E-state index contributed by atoms with van der Waals surface area (Å²) in [4.78, 5) is 21.2. The Morgan fingerprint density at radius 1 is 0.929 bits per heavy atom. The Morgan fingerprint density at radius 3 is 2.14 bits per heavy atom. The van der Waals surface area contributed by atoms with Crippen LogP contribution in [0.25, 0.3) is 0 Å². The predicted octanol–water partition coefficient (Wildman–Crippen LogP) is 4.88. The van der Waals surface area contributed by atoms with Gasteiger partial charge in [-0.15, -0.1) is 0 Å². The van der Waals surface area contributed by atoms with E-state index in [1.165, 1.54) is 0 Å². The quantitative estimate of drug-likeness (QED) is 0.654. The lowest BCUT2D eigenvalue weighted by atomic mass is 10.1. The number of carbonyl (C=O) groups excluding carboxylic acids is 1. The molecule has 28 heavy (non-hydrogen) atoms. The number of piperidine rings is 1. The molecule has 0 N–H and O–H groups in total. The molecule has 0 bridgehead atoms. The van der Waals surface area contributed by atoms with Gasteiger partial charge in [0.1, 0.15) is 11.9 Å². The number of anilines is 2. The molecule has 4 rings (SSSR count). The molecule has 1 aromatic heterocycles. The first-order valence-corrected chi connectivity index (χ1v) is 9.57. The Kier molecular flexibility index (Phi) is 5.52. The monoisotopic (exact) mass is 373 g/mol. The Bertz CT molecular complexity index is 848. The Morgan fingerprint density at radius 2 is 1.54 bits per heavy atom. The molecular formula is C23H23N3O2. The van der Waals surface area contributed by atoms with Crippen LogP contribution in [-0.4, -0.2) is 35.1 Å². The molecular weight excluding hydrogens is 350 g/mol. The largest absolute Gasteiger partial charge is 0.488 e. The highest BCUT2D eigenvalue weighted by atomic mass is 16.5. The van der Waals surface area contributed by atoms with Crippen LogP contribution >= 0.6 is 0 Å². The number of para-hydroxylation sites is 2. The van der Waals surface area contributed by atoms with Gasteiger partial charge >= 0.3 is 6.03 Å². The summed E-state index contributed by atoms with van der Waals surface area (Å²) >= 11 is 0. The number of amides is 2. The molecule has 3 aromatic rings. The summed E-state index contributed by atoms with van der Waals surface area (Å²) in [5.41, 5.74) is 1.71. The zero-order chi connectivity index (χ0) is 19.2. The molecule has 0 aliphatic carbocycles. The van der Waals surface area contributed by atoms with E-state index >= 15 is 0 Å². The number of rotatable bonds is 4. The first kappa shape index (κ1) is 18.0. The second kappa shape index (κ2) is 8.57. The van der Waals surface area contributed by atoms with E-state index in [-0.39, 0.29) is 12.1 Å². The zero-order valence-electron chi connectivity index (χ0n) is 15.6. The average Bonchev–Trinajstić information content (AvgIpc) is 2.76. The minimum Gasteiger partial charge on any atom is -0.488 e. The van der Waals surface area contributed by atoms with Crippen molar-refractivity contribution in [2.24, 2.45) is 0 Å². The summed E-state index contributed by atoms with van der Waals surface area (Å²) in [6.07, 6.45) is 5.26. The van der Waals surface area contributed by atoms with Crippen LogP contribution in [0.5, 0.6) is 5.75 Å². The third kappa shape index (κ3) is 4.14. The summed E-state index contributed by atoms with van der Waals surface area (Å²) in [7, 11) is 0. The van der Waals surface area contributed by atoms with Gasteiger partial charge in [-0.3, -0.25) is 9.88 Å². The standard InChI is InChI=1S/C23H23N3O2/c27-23(25-17-7-12-22(18-25)28-21-13-15-24-16-14-21)26(19-8-3-1-4-9-19)20-10-5-2-6-11-20/h1-6,8-11,13-16,22H,7,12,17-18H2. The third-order valence-corrected chi connectivity index (χ3v) is 4.82. The van der Waals surface area contributed by atoms with Crippen molar-refractivity contribution in [2.75, 3.05) is 18.0 Å². The maximum Gasteiger partial charge on any atom is 0.329 e. The van der Waals surface area contributed by atoms with Crippen molar-refractivity contribution in [3.8, 4) is 5.75 Å². The number of pyridine rings is 1. The van der Waals surface area contributed by atoms with Gasteiger partial charge in [0.05, 0.1) is 17.9 Å². The van der Waals surface area contributed by atoms with Crippen molar-refractivity contribution >= 4 is 17.4 Å². The zero-order valence-corrected chi connectivity index (χ0v) is 15.6. The van der Waals surface area contributed by atoms with E-state index in [9.17, 15) is 4.79 Å². The van der Waals surface area contributed by atoms with Gasteiger partial charge in [-0.1, -0.05) is 36.4 Å². The number of hydrogen-bond donors (Lipinski definition) is 0. The van der Waals surface area contributed by atoms with E-state index < -0.39 is 0 Å². The molecule has 2 heterocycles. The van der Waals surface area contributed by atoms with Crippen LogP contribution in [0.3, 0.4) is 0 Å². The van der Waals surface area contributed by atoms with Crippen LogP contribution in [-0.2, 0) is 0 Å². The summed E-state index contributed by atoms with van der Waals surface area (Å²) < 4.78 is 6.07. The lowest BCUT2D eigenvalue weighted by Gasteiger charge is -2.36. The smallest absolute Gasteiger partial charge is 0.329 e. The molecule has 2 amide bonds. The van der Waals surface area contributed by atoms with E-state index in [2.05, 4.69) is 4.98 Å². The van der Waals surface area contributed by atoms with Crippen LogP contribution in [0.4, 0.5) is 16.2 Å². The summed E-state index contributed by atoms with van der Waals surface area (Å²) in [6.45, 7) is 1.29. The number of hydrogen-bond acceptors (Lipinski definition) is 3. The Balaban J connectivity index is 1.55. The molecule has 1 atom stereocenters. The fraction of sp³-hybridized carbons (Fsp3) is 0.217. The minimum atomic E-state index is -0.0274. The van der Waals surface area contributed by atoms with E-state index in [4.69, 9.17) is 4.74 Å². The fourth-order valence-electron chi connectivity index (χ4n) is 3.48. The van der Waals surface area contributed by atoms with Crippen molar-refractivity contribution in [3.05, 3.63) is 85.2 Å². The molecule has 2 aromatic carbocycles. The van der Waals surface area contributed by atoms with Gasteiger partial charge < -0.3 is 9.64 Å². The SMILES string of the molecule is O=C(N1CCCC(Oc2ccncc2)C1)N(c1ccccc1)c1ccccc1. The second-order valence-corrected chi connectivity index (χ2v) is 6.80. The van der Waals surface area contributed by atoms with Gasteiger partial charge in [0, 0.05) is 18.9 Å². The van der Waals surface area contributed by atoms with Gasteiger partial charge in [0.25, 0.3) is 0 Å². The highest BCUT2D eigenvalue weighted by Crippen LogP contribution is 2.28. The Hall–Kier alpha value is -3.34. The molecule has 5 nitrogen and oxygen atoms in total. The summed E-state index contributed by atoms with van der Waals surface area (Å²) in [5, 5.41) is 0. The van der Waals surface area contributed by atoms with E-state index in [0.717, 1.165) is 36.5 Å². The third-order valence-electron chi connectivity index (χ3n) is 4.82. The number of urea groups is 1. The first-order valence-electron chi connectivity index (χ1n) is 9.57. The molecule has 0 spiro atoms. The van der Waals surface area contributed by atoms with Crippen LogP contribution in [0.2, 0.25) is 0 Å². The van der Waals surface area contributed by atoms with Gasteiger partial charge in [-0.2, -0.15) is 0 Å². The first-order chi connectivity index (χ1) is 13.8. The number of carbonyl (C=O) groups is 1. The maximum absolute atomic E-state index is 13.5. The Labute approximate surface area is 165 Å². The highest BCUT2D eigenvalue weighted by molar-refractivity contribution is 5.99. The van der Waals surface area contributed by atoms with Gasteiger partial charge in [0.2, 0.25) is 0 Å². The normalized spacial score (nSPS) is 16.4. The predicted molar refractivity (Wildman–Crippen MR) is 110 cm³/mol. The topological polar surface area (TPSA) is 45.7 Å². The average molecular weight is 373 g/mol. The molecule has 1 saturated heterocycles. The molecule has 0 radical (unpaired) electrons. The molecule has 5 heteroatoms. The summed E-state index contributed by atoms with van der Waals surface area (Å²) in [6, 6.07) is 23.2. The van der Waals surface area contributed by atoms with Crippen LogP contribution in [0.15, 0.2) is 85.2 Å².